The molecule has 0 unspecified atom stereocenters. The van der Waals surface area contributed by atoms with Crippen molar-refractivity contribution in [2.75, 3.05) is 5.32 Å². The first-order valence-corrected chi connectivity index (χ1v) is 5.93. The summed E-state index contributed by atoms with van der Waals surface area (Å²) in [6.07, 6.45) is 5.10. The van der Waals surface area contributed by atoms with Crippen molar-refractivity contribution in [3.8, 4) is 0 Å². The molecule has 3 rings (SSSR count). The Labute approximate surface area is 114 Å². The molecule has 0 spiro atoms. The first-order chi connectivity index (χ1) is 9.65. The number of benzene rings is 1. The van der Waals surface area contributed by atoms with Crippen molar-refractivity contribution in [2.45, 2.75) is 0 Å². The van der Waals surface area contributed by atoms with Crippen LogP contribution in [0.3, 0.4) is 0 Å². The summed E-state index contributed by atoms with van der Waals surface area (Å²) in [4.78, 5) is 14.9. The highest BCUT2D eigenvalue weighted by atomic mass is 16.6. The number of nitro benzene ring substituents is 1. The largest absolute Gasteiger partial charge is 0.351 e. The Morgan fingerprint density at radius 3 is 2.90 bits per heavy atom. The van der Waals surface area contributed by atoms with Crippen LogP contribution in [-0.2, 0) is 7.05 Å². The van der Waals surface area contributed by atoms with Crippen LogP contribution in [0.5, 0.6) is 0 Å². The summed E-state index contributed by atoms with van der Waals surface area (Å²) in [5.74, 6) is 0. The number of nitrogens with one attached hydrogen (secondary N) is 1. The zero-order chi connectivity index (χ0) is 14.1. The number of pyridine rings is 1. The van der Waals surface area contributed by atoms with Gasteiger partial charge < -0.3 is 5.32 Å². The molecule has 1 aromatic carbocycles. The van der Waals surface area contributed by atoms with Gasteiger partial charge in [-0.05, 0) is 18.2 Å². The van der Waals surface area contributed by atoms with Crippen LogP contribution in [0, 0.1) is 10.1 Å². The normalized spacial score (nSPS) is 10.7. The molecule has 0 aliphatic rings. The molecule has 2 aromatic heterocycles. The minimum atomic E-state index is -0.405. The highest BCUT2D eigenvalue weighted by Crippen LogP contribution is 2.31. The summed E-state index contributed by atoms with van der Waals surface area (Å²) >= 11 is 0. The Morgan fingerprint density at radius 2 is 2.20 bits per heavy atom. The van der Waals surface area contributed by atoms with Crippen molar-refractivity contribution in [1.29, 1.82) is 0 Å². The molecule has 0 aliphatic heterocycles. The van der Waals surface area contributed by atoms with Crippen LogP contribution >= 0.6 is 0 Å². The SMILES string of the molecule is Cn1cc(Nc2ccc([N+](=O)[O-])c3cccnc23)cn1. The number of fused-ring (bicyclic) bond motifs is 1. The first-order valence-electron chi connectivity index (χ1n) is 5.93. The van der Waals surface area contributed by atoms with Gasteiger partial charge in [0.2, 0.25) is 0 Å². The fourth-order valence-electron chi connectivity index (χ4n) is 2.06. The number of anilines is 2. The van der Waals surface area contributed by atoms with Gasteiger partial charge in [-0.25, -0.2) is 0 Å². The van der Waals surface area contributed by atoms with E-state index in [9.17, 15) is 10.1 Å². The van der Waals surface area contributed by atoms with Crippen LogP contribution in [0.2, 0.25) is 0 Å². The second-order valence-electron chi connectivity index (χ2n) is 4.32. The average molecular weight is 269 g/mol. The van der Waals surface area contributed by atoms with Gasteiger partial charge in [0.05, 0.1) is 27.9 Å². The van der Waals surface area contributed by atoms with Gasteiger partial charge in [-0.2, -0.15) is 5.10 Å². The van der Waals surface area contributed by atoms with Crippen molar-refractivity contribution >= 4 is 28.0 Å². The lowest BCUT2D eigenvalue weighted by atomic mass is 10.1. The molecule has 0 saturated heterocycles. The lowest BCUT2D eigenvalue weighted by Gasteiger charge is -2.07. The molecule has 0 aliphatic carbocycles. The van der Waals surface area contributed by atoms with Crippen molar-refractivity contribution in [1.82, 2.24) is 14.8 Å². The second-order valence-corrected chi connectivity index (χ2v) is 4.32. The summed E-state index contributed by atoms with van der Waals surface area (Å²) in [6.45, 7) is 0. The standard InChI is InChI=1S/C13H11N5O2/c1-17-8-9(7-15-17)16-11-4-5-12(18(19)20)10-3-2-6-14-13(10)11/h2-8,16H,1H3. The maximum Gasteiger partial charge on any atom is 0.278 e. The van der Waals surface area contributed by atoms with Crippen molar-refractivity contribution in [3.63, 3.8) is 0 Å². The third kappa shape index (κ3) is 2.05. The number of aromatic nitrogens is 3. The maximum atomic E-state index is 11.0. The number of nitro groups is 1. The Hall–Kier alpha value is -2.96. The molecule has 100 valence electrons. The van der Waals surface area contributed by atoms with Crippen LogP contribution in [-0.4, -0.2) is 19.7 Å². The molecule has 7 heteroatoms. The highest BCUT2D eigenvalue weighted by Gasteiger charge is 2.15. The third-order valence-electron chi connectivity index (χ3n) is 2.93. The fraction of sp³-hybridized carbons (Fsp3) is 0.0769. The zero-order valence-electron chi connectivity index (χ0n) is 10.6. The lowest BCUT2D eigenvalue weighted by molar-refractivity contribution is -0.383. The topological polar surface area (TPSA) is 85.9 Å². The highest BCUT2D eigenvalue weighted by molar-refractivity contribution is 5.97. The molecule has 0 radical (unpaired) electrons. The van der Waals surface area contributed by atoms with Crippen LogP contribution in [0.1, 0.15) is 0 Å². The van der Waals surface area contributed by atoms with Crippen LogP contribution < -0.4 is 5.32 Å². The van der Waals surface area contributed by atoms with E-state index in [1.165, 1.54) is 6.07 Å². The molecule has 0 atom stereocenters. The summed E-state index contributed by atoms with van der Waals surface area (Å²) in [6, 6.07) is 6.50. The summed E-state index contributed by atoms with van der Waals surface area (Å²) in [5.41, 5.74) is 2.11. The van der Waals surface area contributed by atoms with E-state index < -0.39 is 4.92 Å². The molecule has 2 heterocycles. The van der Waals surface area contributed by atoms with Gasteiger partial charge in [0.1, 0.15) is 5.52 Å². The number of nitrogens with zero attached hydrogens (tertiary/aromatic N) is 4. The lowest BCUT2D eigenvalue weighted by Crippen LogP contribution is -1.95. The van der Waals surface area contributed by atoms with Gasteiger partial charge in [-0.15, -0.1) is 0 Å². The molecule has 7 nitrogen and oxygen atoms in total. The number of hydrogen-bond acceptors (Lipinski definition) is 5. The molecular weight excluding hydrogens is 258 g/mol. The van der Waals surface area contributed by atoms with Crippen LogP contribution in [0.15, 0.2) is 42.9 Å². The fourth-order valence-corrected chi connectivity index (χ4v) is 2.06. The molecule has 20 heavy (non-hydrogen) atoms. The predicted molar refractivity (Wildman–Crippen MR) is 74.9 cm³/mol. The smallest absolute Gasteiger partial charge is 0.278 e. The molecule has 0 amide bonds. The Bertz CT molecular complexity index is 796. The van der Waals surface area contributed by atoms with E-state index in [1.54, 1.807) is 35.3 Å². The predicted octanol–water partition coefficient (Wildman–Crippen LogP) is 2.62. The Kier molecular flexibility index (Phi) is 2.79. The van der Waals surface area contributed by atoms with E-state index in [4.69, 9.17) is 0 Å². The Balaban J connectivity index is 2.12. The molecule has 1 N–H and O–H groups in total. The van der Waals surface area contributed by atoms with Gasteiger partial charge in [-0.1, -0.05) is 0 Å². The van der Waals surface area contributed by atoms with Crippen LogP contribution in [0.4, 0.5) is 17.1 Å². The average Bonchev–Trinajstić information content (AvgIpc) is 2.84. The molecule has 0 saturated carbocycles. The van der Waals surface area contributed by atoms with Crippen molar-refractivity contribution in [3.05, 3.63) is 53.0 Å². The number of aryl methyl sites for hydroxylation is 1. The minimum Gasteiger partial charge on any atom is -0.351 e. The van der Waals surface area contributed by atoms with Gasteiger partial charge in [0, 0.05) is 25.5 Å². The molecule has 0 bridgehead atoms. The quantitative estimate of drug-likeness (QED) is 0.583. The summed E-state index contributed by atoms with van der Waals surface area (Å²) < 4.78 is 1.67. The van der Waals surface area contributed by atoms with Gasteiger partial charge >= 0.3 is 0 Å². The van der Waals surface area contributed by atoms with E-state index in [2.05, 4.69) is 15.4 Å². The van der Waals surface area contributed by atoms with Gasteiger partial charge in [0.25, 0.3) is 5.69 Å². The van der Waals surface area contributed by atoms with Gasteiger partial charge in [0.15, 0.2) is 0 Å². The van der Waals surface area contributed by atoms with Crippen LogP contribution in [0.25, 0.3) is 10.9 Å². The van der Waals surface area contributed by atoms with E-state index in [0.717, 1.165) is 5.69 Å². The van der Waals surface area contributed by atoms with E-state index in [0.29, 0.717) is 16.6 Å². The number of hydrogen-bond donors (Lipinski definition) is 1. The van der Waals surface area contributed by atoms with E-state index in [1.807, 2.05) is 13.2 Å². The van der Waals surface area contributed by atoms with Crippen molar-refractivity contribution < 1.29 is 4.92 Å². The molecular formula is C13H11N5O2. The number of rotatable bonds is 3. The van der Waals surface area contributed by atoms with E-state index in [-0.39, 0.29) is 5.69 Å². The summed E-state index contributed by atoms with van der Waals surface area (Å²) in [5, 5.41) is 18.8. The third-order valence-corrected chi connectivity index (χ3v) is 2.93. The maximum absolute atomic E-state index is 11.0. The van der Waals surface area contributed by atoms with E-state index >= 15 is 0 Å². The zero-order valence-corrected chi connectivity index (χ0v) is 10.6. The summed E-state index contributed by atoms with van der Waals surface area (Å²) in [7, 11) is 1.82. The Morgan fingerprint density at radius 1 is 1.35 bits per heavy atom. The second kappa shape index (κ2) is 4.61. The molecule has 0 fully saturated rings. The molecule has 3 aromatic rings. The minimum absolute atomic E-state index is 0.0461. The van der Waals surface area contributed by atoms with Gasteiger partial charge in [-0.3, -0.25) is 19.8 Å². The first kappa shape index (κ1) is 12.1. The van der Waals surface area contributed by atoms with Crippen molar-refractivity contribution in [2.24, 2.45) is 7.05 Å². The number of non-ortho nitro benzene ring substituents is 1. The monoisotopic (exact) mass is 269 g/mol.